The quantitative estimate of drug-likeness (QED) is 0.901. The third kappa shape index (κ3) is 2.80. The fraction of sp³-hybridized carbons (Fsp3) is 0.500. The zero-order valence-corrected chi connectivity index (χ0v) is 12.1. The summed E-state index contributed by atoms with van der Waals surface area (Å²) in [7, 11) is 1.90. The highest BCUT2D eigenvalue weighted by molar-refractivity contribution is 5.34. The van der Waals surface area contributed by atoms with E-state index in [2.05, 4.69) is 20.4 Å². The normalized spacial score (nSPS) is 14.6. The van der Waals surface area contributed by atoms with Gasteiger partial charge in [0.05, 0.1) is 23.8 Å². The molecule has 1 N–H and O–H groups in total. The molecular formula is C14H19N5O. The molecule has 0 saturated heterocycles. The fourth-order valence-electron chi connectivity index (χ4n) is 2.03. The molecule has 1 aliphatic carbocycles. The summed E-state index contributed by atoms with van der Waals surface area (Å²) in [6, 6.07) is 0.674. The number of aromatic nitrogens is 4. The van der Waals surface area contributed by atoms with Gasteiger partial charge < -0.3 is 10.1 Å². The highest BCUT2D eigenvalue weighted by Gasteiger charge is 2.20. The lowest BCUT2D eigenvalue weighted by Gasteiger charge is -2.06. The molecule has 0 aromatic carbocycles. The van der Waals surface area contributed by atoms with Crippen LogP contribution in [0.4, 0.5) is 0 Å². The molecule has 0 atom stereocenters. The van der Waals surface area contributed by atoms with Crippen LogP contribution in [0, 0.1) is 13.8 Å². The van der Waals surface area contributed by atoms with Crippen molar-refractivity contribution in [3.05, 3.63) is 29.5 Å². The van der Waals surface area contributed by atoms with Gasteiger partial charge in [-0.3, -0.25) is 9.67 Å². The maximum atomic E-state index is 5.78. The van der Waals surface area contributed by atoms with E-state index < -0.39 is 0 Å². The molecule has 2 aromatic heterocycles. The monoisotopic (exact) mass is 273 g/mol. The summed E-state index contributed by atoms with van der Waals surface area (Å²) in [6.07, 6.45) is 5.96. The van der Waals surface area contributed by atoms with Crippen LogP contribution in [-0.4, -0.2) is 25.8 Å². The number of hydrogen-bond donors (Lipinski definition) is 1. The van der Waals surface area contributed by atoms with Crippen LogP contribution in [-0.2, 0) is 13.6 Å². The van der Waals surface area contributed by atoms with Crippen molar-refractivity contribution in [1.82, 2.24) is 25.1 Å². The van der Waals surface area contributed by atoms with Gasteiger partial charge in [0.25, 0.3) is 0 Å². The number of hydrogen-bond acceptors (Lipinski definition) is 5. The third-order valence-electron chi connectivity index (χ3n) is 3.48. The third-order valence-corrected chi connectivity index (χ3v) is 3.48. The van der Waals surface area contributed by atoms with E-state index in [1.54, 1.807) is 17.1 Å². The average Bonchev–Trinajstić information content (AvgIpc) is 3.23. The lowest BCUT2D eigenvalue weighted by Crippen LogP contribution is -2.16. The zero-order valence-electron chi connectivity index (χ0n) is 12.1. The van der Waals surface area contributed by atoms with Crippen molar-refractivity contribution in [3.63, 3.8) is 0 Å². The second-order valence-corrected chi connectivity index (χ2v) is 5.23. The highest BCUT2D eigenvalue weighted by atomic mass is 16.5. The van der Waals surface area contributed by atoms with E-state index in [0.29, 0.717) is 11.9 Å². The largest absolute Gasteiger partial charge is 0.434 e. The van der Waals surface area contributed by atoms with E-state index in [1.807, 2.05) is 20.9 Å². The Labute approximate surface area is 118 Å². The first kappa shape index (κ1) is 13.1. The van der Waals surface area contributed by atoms with Crippen LogP contribution in [0.5, 0.6) is 11.6 Å². The van der Waals surface area contributed by atoms with Crippen LogP contribution in [0.2, 0.25) is 0 Å². The van der Waals surface area contributed by atoms with Crippen LogP contribution in [0.15, 0.2) is 12.4 Å². The van der Waals surface area contributed by atoms with Gasteiger partial charge in [-0.05, 0) is 26.7 Å². The Balaban J connectivity index is 1.67. The first-order chi connectivity index (χ1) is 9.63. The molecule has 1 aliphatic rings. The van der Waals surface area contributed by atoms with Gasteiger partial charge in [-0.15, -0.1) is 0 Å². The van der Waals surface area contributed by atoms with Crippen molar-refractivity contribution < 1.29 is 4.74 Å². The molecule has 0 radical (unpaired) electrons. The van der Waals surface area contributed by atoms with Crippen LogP contribution in [0.1, 0.15) is 29.9 Å². The van der Waals surface area contributed by atoms with Crippen LogP contribution < -0.4 is 10.1 Å². The smallest absolute Gasteiger partial charge is 0.238 e. The summed E-state index contributed by atoms with van der Waals surface area (Å²) in [4.78, 5) is 8.67. The van der Waals surface area contributed by atoms with Gasteiger partial charge in [-0.2, -0.15) is 5.10 Å². The molecule has 6 heteroatoms. The predicted molar refractivity (Wildman–Crippen MR) is 74.6 cm³/mol. The molecule has 3 rings (SSSR count). The molecule has 0 unspecified atom stereocenters. The molecule has 0 amide bonds. The van der Waals surface area contributed by atoms with Crippen molar-refractivity contribution >= 4 is 0 Å². The second kappa shape index (κ2) is 5.20. The molecule has 0 spiro atoms. The van der Waals surface area contributed by atoms with Crippen molar-refractivity contribution in [2.24, 2.45) is 7.05 Å². The van der Waals surface area contributed by atoms with E-state index in [9.17, 15) is 0 Å². The van der Waals surface area contributed by atoms with Gasteiger partial charge in [0.2, 0.25) is 5.88 Å². The molecule has 1 fully saturated rings. The Kier molecular flexibility index (Phi) is 3.40. The summed E-state index contributed by atoms with van der Waals surface area (Å²) in [5, 5.41) is 7.72. The van der Waals surface area contributed by atoms with Crippen molar-refractivity contribution in [1.29, 1.82) is 0 Å². The van der Waals surface area contributed by atoms with E-state index in [1.165, 1.54) is 12.8 Å². The summed E-state index contributed by atoms with van der Waals surface area (Å²) in [6.45, 7) is 4.66. The van der Waals surface area contributed by atoms with Crippen LogP contribution >= 0.6 is 0 Å². The molecular weight excluding hydrogens is 254 g/mol. The minimum absolute atomic E-state index is 0.499. The molecule has 2 aromatic rings. The Morgan fingerprint density at radius 2 is 2.10 bits per heavy atom. The molecule has 2 heterocycles. The standard InChI is InChI=1S/C14H19N5O/c1-9-14(10(2)19(3)18-9)20-13-8-16-12(7-17-13)6-15-11-4-5-11/h7-8,11,15H,4-6H2,1-3H3. The maximum Gasteiger partial charge on any atom is 0.238 e. The molecule has 0 aliphatic heterocycles. The summed E-state index contributed by atoms with van der Waals surface area (Å²) in [5.74, 6) is 1.25. The summed E-state index contributed by atoms with van der Waals surface area (Å²) in [5.41, 5.74) is 2.76. The van der Waals surface area contributed by atoms with Crippen LogP contribution in [0.3, 0.4) is 0 Å². The van der Waals surface area contributed by atoms with Crippen LogP contribution in [0.25, 0.3) is 0 Å². The van der Waals surface area contributed by atoms with Crippen molar-refractivity contribution in [3.8, 4) is 11.6 Å². The number of ether oxygens (including phenoxy) is 1. The maximum absolute atomic E-state index is 5.78. The molecule has 1 saturated carbocycles. The van der Waals surface area contributed by atoms with Crippen molar-refractivity contribution in [2.45, 2.75) is 39.3 Å². The Morgan fingerprint density at radius 3 is 2.65 bits per heavy atom. The number of aryl methyl sites for hydroxylation is 2. The Hall–Kier alpha value is -1.95. The van der Waals surface area contributed by atoms with Crippen molar-refractivity contribution in [2.75, 3.05) is 0 Å². The minimum Gasteiger partial charge on any atom is -0.434 e. The van der Waals surface area contributed by atoms with Gasteiger partial charge in [0.1, 0.15) is 5.69 Å². The molecule has 20 heavy (non-hydrogen) atoms. The van der Waals surface area contributed by atoms with Gasteiger partial charge in [-0.1, -0.05) is 0 Å². The number of nitrogens with zero attached hydrogens (tertiary/aromatic N) is 4. The fourth-order valence-corrected chi connectivity index (χ4v) is 2.03. The van der Waals surface area contributed by atoms with Gasteiger partial charge in [0.15, 0.2) is 5.75 Å². The Bertz CT molecular complexity index is 601. The summed E-state index contributed by atoms with van der Waals surface area (Å²) >= 11 is 0. The van der Waals surface area contributed by atoms with Gasteiger partial charge >= 0.3 is 0 Å². The SMILES string of the molecule is Cc1nn(C)c(C)c1Oc1cnc(CNC2CC2)cn1. The summed E-state index contributed by atoms with van der Waals surface area (Å²) < 4.78 is 7.57. The second-order valence-electron chi connectivity index (χ2n) is 5.23. The highest BCUT2D eigenvalue weighted by Crippen LogP contribution is 2.26. The van der Waals surface area contributed by atoms with Gasteiger partial charge in [0, 0.05) is 19.6 Å². The number of nitrogens with one attached hydrogen (secondary N) is 1. The lowest BCUT2D eigenvalue weighted by molar-refractivity contribution is 0.451. The van der Waals surface area contributed by atoms with E-state index in [-0.39, 0.29) is 0 Å². The first-order valence-corrected chi connectivity index (χ1v) is 6.86. The average molecular weight is 273 g/mol. The first-order valence-electron chi connectivity index (χ1n) is 6.86. The predicted octanol–water partition coefficient (Wildman–Crippen LogP) is 1.87. The number of rotatable bonds is 5. The zero-order chi connectivity index (χ0) is 14.1. The molecule has 106 valence electrons. The van der Waals surface area contributed by atoms with Gasteiger partial charge in [-0.25, -0.2) is 4.98 Å². The molecule has 6 nitrogen and oxygen atoms in total. The Morgan fingerprint density at radius 1 is 1.30 bits per heavy atom. The molecule has 0 bridgehead atoms. The lowest BCUT2D eigenvalue weighted by atomic mass is 10.3. The van der Waals surface area contributed by atoms with E-state index >= 15 is 0 Å². The van der Waals surface area contributed by atoms with E-state index in [4.69, 9.17) is 4.74 Å². The topological polar surface area (TPSA) is 64.9 Å². The minimum atomic E-state index is 0.499. The van der Waals surface area contributed by atoms with E-state index in [0.717, 1.165) is 29.4 Å².